The van der Waals surface area contributed by atoms with Crippen molar-refractivity contribution in [1.82, 2.24) is 30.1 Å². The maximum atomic E-state index is 13.2. The molecule has 5 rings (SSSR count). The average molecular weight is 475 g/mol. The molecule has 3 aromatic heterocycles. The Bertz CT molecular complexity index is 1330. The molecule has 1 saturated carbocycles. The molecule has 0 amide bonds. The van der Waals surface area contributed by atoms with Crippen LogP contribution in [0.2, 0.25) is 0 Å². The van der Waals surface area contributed by atoms with E-state index in [-0.39, 0.29) is 11.6 Å². The number of hydrogen-bond acceptors (Lipinski definition) is 6. The van der Waals surface area contributed by atoms with Crippen LogP contribution in [-0.2, 0) is 13.1 Å². The Hall–Kier alpha value is -3.26. The summed E-state index contributed by atoms with van der Waals surface area (Å²) in [5.74, 6) is 1.72. The molecule has 8 heteroatoms. The van der Waals surface area contributed by atoms with Gasteiger partial charge in [-0.3, -0.25) is 9.69 Å². The molecule has 0 aliphatic heterocycles. The minimum Gasteiger partial charge on any atom is -0.468 e. The molecule has 1 N–H and O–H groups in total. The fraction of sp³-hybridized carbons (Fsp3) is 0.481. The van der Waals surface area contributed by atoms with Crippen molar-refractivity contribution in [2.75, 3.05) is 0 Å². The number of pyridine rings is 1. The van der Waals surface area contributed by atoms with Gasteiger partial charge in [0.05, 0.1) is 30.4 Å². The zero-order valence-electron chi connectivity index (χ0n) is 20.8. The minimum atomic E-state index is -0.0596. The topological polar surface area (TPSA) is 92.8 Å². The molecule has 1 aromatic carbocycles. The van der Waals surface area contributed by atoms with Gasteiger partial charge in [-0.2, -0.15) is 0 Å². The first-order valence-corrected chi connectivity index (χ1v) is 12.7. The third-order valence-corrected chi connectivity index (χ3v) is 7.25. The number of nitrogens with zero attached hydrogens (tertiary/aromatic N) is 5. The predicted octanol–water partition coefficient (Wildman–Crippen LogP) is 5.38. The van der Waals surface area contributed by atoms with Crippen molar-refractivity contribution in [2.45, 2.75) is 84.5 Å². The van der Waals surface area contributed by atoms with Crippen LogP contribution in [0.4, 0.5) is 0 Å². The number of H-pyrrole nitrogens is 1. The number of aromatic nitrogens is 5. The molecule has 4 aromatic rings. The second kappa shape index (κ2) is 10.2. The van der Waals surface area contributed by atoms with Crippen LogP contribution < -0.4 is 5.56 Å². The first kappa shape index (κ1) is 23.5. The molecule has 184 valence electrons. The number of aromatic amines is 1. The number of hydrogen-bond donors (Lipinski definition) is 1. The summed E-state index contributed by atoms with van der Waals surface area (Å²) in [4.78, 5) is 18.6. The summed E-state index contributed by atoms with van der Waals surface area (Å²) >= 11 is 0. The van der Waals surface area contributed by atoms with Crippen LogP contribution in [0, 0.1) is 13.8 Å². The van der Waals surface area contributed by atoms with E-state index in [1.807, 2.05) is 29.8 Å². The number of furan rings is 1. The number of tetrazole rings is 1. The van der Waals surface area contributed by atoms with E-state index in [1.165, 1.54) is 24.8 Å². The Balaban J connectivity index is 1.52. The molecule has 1 fully saturated rings. The highest BCUT2D eigenvalue weighted by atomic mass is 16.3. The van der Waals surface area contributed by atoms with Gasteiger partial charge in [0.1, 0.15) is 5.76 Å². The van der Waals surface area contributed by atoms with Crippen LogP contribution in [0.5, 0.6) is 0 Å². The van der Waals surface area contributed by atoms with Gasteiger partial charge in [-0.1, -0.05) is 37.8 Å². The molecule has 0 saturated heterocycles. The summed E-state index contributed by atoms with van der Waals surface area (Å²) < 4.78 is 7.75. The van der Waals surface area contributed by atoms with E-state index in [2.05, 4.69) is 51.4 Å². The Kier molecular flexibility index (Phi) is 6.81. The highest BCUT2D eigenvalue weighted by Crippen LogP contribution is 2.33. The van der Waals surface area contributed by atoms with Crippen molar-refractivity contribution in [3.63, 3.8) is 0 Å². The fourth-order valence-electron chi connectivity index (χ4n) is 5.56. The van der Waals surface area contributed by atoms with Crippen molar-refractivity contribution in [1.29, 1.82) is 0 Å². The highest BCUT2D eigenvalue weighted by Gasteiger charge is 2.29. The van der Waals surface area contributed by atoms with Gasteiger partial charge < -0.3 is 9.40 Å². The lowest BCUT2D eigenvalue weighted by Gasteiger charge is -2.31. The molecule has 0 radical (unpaired) electrons. The molecule has 1 unspecified atom stereocenters. The van der Waals surface area contributed by atoms with Crippen molar-refractivity contribution < 1.29 is 4.42 Å². The van der Waals surface area contributed by atoms with Gasteiger partial charge in [0.2, 0.25) is 0 Å². The number of nitrogens with one attached hydrogen (secondary N) is 1. The van der Waals surface area contributed by atoms with Gasteiger partial charge in [-0.05, 0) is 78.8 Å². The third-order valence-electron chi connectivity index (χ3n) is 7.25. The van der Waals surface area contributed by atoms with E-state index in [0.717, 1.165) is 52.9 Å². The van der Waals surface area contributed by atoms with Crippen LogP contribution in [-0.4, -0.2) is 30.1 Å². The molecule has 3 heterocycles. The molecule has 1 aliphatic rings. The Morgan fingerprint density at radius 3 is 2.74 bits per heavy atom. The summed E-state index contributed by atoms with van der Waals surface area (Å²) in [5, 5.41) is 14.0. The van der Waals surface area contributed by atoms with Crippen molar-refractivity contribution in [2.24, 2.45) is 0 Å². The highest BCUT2D eigenvalue weighted by molar-refractivity contribution is 5.82. The van der Waals surface area contributed by atoms with E-state index >= 15 is 0 Å². The van der Waals surface area contributed by atoms with Crippen LogP contribution in [0.3, 0.4) is 0 Å². The first-order valence-electron chi connectivity index (χ1n) is 12.7. The standard InChI is InChI=1S/C27H34N6O2/c1-4-24(26-29-30-31-33(26)22-9-6-5-7-10-22)32(17-23-11-8-12-35-23)16-21-15-20-14-18(2)13-19(3)25(20)28-27(21)34/h8,11-15,22,24H,4-7,9-10,16-17H2,1-3H3,(H,28,34). The van der Waals surface area contributed by atoms with E-state index in [4.69, 9.17) is 4.42 Å². The van der Waals surface area contributed by atoms with E-state index in [0.29, 0.717) is 19.1 Å². The number of aryl methyl sites for hydroxylation is 2. The lowest BCUT2D eigenvalue weighted by Crippen LogP contribution is -2.33. The zero-order chi connectivity index (χ0) is 24.4. The quantitative estimate of drug-likeness (QED) is 0.368. The van der Waals surface area contributed by atoms with Crippen molar-refractivity contribution in [3.8, 4) is 0 Å². The molecule has 35 heavy (non-hydrogen) atoms. The molecular formula is C27H34N6O2. The molecule has 1 atom stereocenters. The maximum absolute atomic E-state index is 13.2. The van der Waals surface area contributed by atoms with Crippen LogP contribution >= 0.6 is 0 Å². The Labute approximate surface area is 205 Å². The SMILES string of the molecule is CCC(c1nnnn1C1CCCCC1)N(Cc1ccco1)Cc1cc2cc(C)cc(C)c2[nH]c1=O. The van der Waals surface area contributed by atoms with Gasteiger partial charge in [0.25, 0.3) is 5.56 Å². The fourth-order valence-corrected chi connectivity index (χ4v) is 5.56. The average Bonchev–Trinajstić information content (AvgIpc) is 3.54. The van der Waals surface area contributed by atoms with Gasteiger partial charge >= 0.3 is 0 Å². The molecular weight excluding hydrogens is 440 g/mol. The first-order chi connectivity index (χ1) is 17.0. The van der Waals surface area contributed by atoms with Gasteiger partial charge in [0, 0.05) is 12.1 Å². The van der Waals surface area contributed by atoms with Gasteiger partial charge in [-0.25, -0.2) is 4.68 Å². The second-order valence-corrected chi connectivity index (χ2v) is 9.85. The van der Waals surface area contributed by atoms with E-state index in [1.54, 1.807) is 6.26 Å². The number of rotatable bonds is 8. The minimum absolute atomic E-state index is 0.0497. The monoisotopic (exact) mass is 474 g/mol. The van der Waals surface area contributed by atoms with Gasteiger partial charge in [-0.15, -0.1) is 5.10 Å². The van der Waals surface area contributed by atoms with E-state index in [9.17, 15) is 4.79 Å². The predicted molar refractivity (Wildman–Crippen MR) is 135 cm³/mol. The second-order valence-electron chi connectivity index (χ2n) is 9.85. The zero-order valence-corrected chi connectivity index (χ0v) is 20.8. The Morgan fingerprint density at radius 2 is 2.00 bits per heavy atom. The lowest BCUT2D eigenvalue weighted by atomic mass is 9.95. The van der Waals surface area contributed by atoms with Crippen molar-refractivity contribution >= 4 is 10.9 Å². The summed E-state index contributed by atoms with van der Waals surface area (Å²) in [5.41, 5.74) is 3.82. The summed E-state index contributed by atoms with van der Waals surface area (Å²) in [7, 11) is 0. The number of fused-ring (bicyclic) bond motifs is 1. The van der Waals surface area contributed by atoms with E-state index < -0.39 is 0 Å². The molecule has 0 bridgehead atoms. The van der Waals surface area contributed by atoms with Crippen molar-refractivity contribution in [3.05, 3.63) is 75.2 Å². The lowest BCUT2D eigenvalue weighted by molar-refractivity contribution is 0.144. The summed E-state index contributed by atoms with van der Waals surface area (Å²) in [6.07, 6.45) is 8.42. The maximum Gasteiger partial charge on any atom is 0.252 e. The normalized spacial score (nSPS) is 15.8. The van der Waals surface area contributed by atoms with Crippen LogP contribution in [0.25, 0.3) is 10.9 Å². The molecule has 1 aliphatic carbocycles. The largest absolute Gasteiger partial charge is 0.468 e. The van der Waals surface area contributed by atoms with Gasteiger partial charge in [0.15, 0.2) is 5.82 Å². The Morgan fingerprint density at radius 1 is 1.17 bits per heavy atom. The van der Waals surface area contributed by atoms with Crippen LogP contribution in [0.15, 0.2) is 45.8 Å². The molecule has 8 nitrogen and oxygen atoms in total. The smallest absolute Gasteiger partial charge is 0.252 e. The summed E-state index contributed by atoms with van der Waals surface area (Å²) in [6.45, 7) is 7.30. The molecule has 0 spiro atoms. The van der Waals surface area contributed by atoms with Crippen LogP contribution in [0.1, 0.15) is 85.8 Å². The number of benzene rings is 1. The third kappa shape index (κ3) is 4.93. The summed E-state index contributed by atoms with van der Waals surface area (Å²) in [6, 6.07) is 10.4.